The molecule has 0 heterocycles. The minimum atomic E-state index is -0.396. The van der Waals surface area contributed by atoms with Crippen LogP contribution in [0.5, 0.6) is 5.75 Å². The maximum Gasteiger partial charge on any atom is 0.319 e. The Bertz CT molecular complexity index is 585. The first kappa shape index (κ1) is 13.9. The Hall–Kier alpha value is -2.56. The van der Waals surface area contributed by atoms with Crippen LogP contribution in [0.3, 0.4) is 0 Å². The van der Waals surface area contributed by atoms with Gasteiger partial charge in [-0.1, -0.05) is 18.2 Å². The van der Waals surface area contributed by atoms with Gasteiger partial charge in [-0.3, -0.25) is 0 Å². The summed E-state index contributed by atoms with van der Waals surface area (Å²) in [5.74, 6) is -0.183. The van der Waals surface area contributed by atoms with Gasteiger partial charge in [0.15, 0.2) is 0 Å². The topological polar surface area (TPSA) is 61.4 Å². The van der Waals surface area contributed by atoms with Crippen LogP contribution in [0.25, 0.3) is 0 Å². The fourth-order valence-electron chi connectivity index (χ4n) is 1.72. The van der Waals surface area contributed by atoms with E-state index >= 15 is 0 Å². The number of rotatable bonds is 4. The number of benzene rings is 2. The van der Waals surface area contributed by atoms with E-state index in [1.807, 2.05) is 0 Å². The number of nitrogens with one attached hydrogen (secondary N) is 2. The monoisotopic (exact) mass is 274 g/mol. The van der Waals surface area contributed by atoms with Crippen molar-refractivity contribution in [2.24, 2.45) is 0 Å². The molecule has 0 unspecified atom stereocenters. The minimum Gasteiger partial charge on any atom is -0.508 e. The molecular formula is C15H15FN2O2. The highest BCUT2D eigenvalue weighted by molar-refractivity contribution is 5.89. The average molecular weight is 274 g/mol. The average Bonchev–Trinajstić information content (AvgIpc) is 2.41. The van der Waals surface area contributed by atoms with Crippen LogP contribution in [0.1, 0.15) is 5.56 Å². The lowest BCUT2D eigenvalue weighted by Gasteiger charge is -2.07. The Morgan fingerprint density at radius 2 is 1.90 bits per heavy atom. The van der Waals surface area contributed by atoms with Crippen molar-refractivity contribution in [1.82, 2.24) is 5.32 Å². The number of anilines is 1. The zero-order chi connectivity index (χ0) is 14.4. The van der Waals surface area contributed by atoms with Crippen LogP contribution < -0.4 is 10.6 Å². The molecule has 4 nitrogen and oxygen atoms in total. The standard InChI is InChI=1S/C15H15FN2O2/c16-12-2-1-3-13(10-12)18-15(20)17-9-8-11-4-6-14(19)7-5-11/h1-7,10,19H,8-9H2,(H2,17,18,20). The molecule has 3 N–H and O–H groups in total. The highest BCUT2D eigenvalue weighted by Gasteiger charge is 2.02. The first-order valence-electron chi connectivity index (χ1n) is 6.22. The molecule has 5 heteroatoms. The second kappa shape index (κ2) is 6.56. The number of phenolic OH excluding ortho intramolecular Hbond substituents is 1. The summed E-state index contributed by atoms with van der Waals surface area (Å²) in [6, 6.07) is 12.1. The number of carbonyl (C=O) groups excluding carboxylic acids is 1. The predicted molar refractivity (Wildman–Crippen MR) is 75.2 cm³/mol. The molecule has 0 bridgehead atoms. The van der Waals surface area contributed by atoms with Crippen molar-refractivity contribution in [3.8, 4) is 5.75 Å². The molecule has 0 fully saturated rings. The lowest BCUT2D eigenvalue weighted by Crippen LogP contribution is -2.30. The molecule has 0 aliphatic rings. The normalized spacial score (nSPS) is 10.1. The SMILES string of the molecule is O=C(NCCc1ccc(O)cc1)Nc1cccc(F)c1. The van der Waals surface area contributed by atoms with Gasteiger partial charge in [0.05, 0.1) is 0 Å². The summed E-state index contributed by atoms with van der Waals surface area (Å²) in [6.07, 6.45) is 0.650. The molecule has 0 atom stereocenters. The molecule has 0 radical (unpaired) electrons. The highest BCUT2D eigenvalue weighted by atomic mass is 19.1. The molecule has 0 saturated carbocycles. The van der Waals surface area contributed by atoms with Gasteiger partial charge in [-0.25, -0.2) is 9.18 Å². The van der Waals surface area contributed by atoms with Gasteiger partial charge in [-0.2, -0.15) is 0 Å². The summed E-state index contributed by atoms with van der Waals surface area (Å²) in [4.78, 5) is 11.6. The fourth-order valence-corrected chi connectivity index (χ4v) is 1.72. The van der Waals surface area contributed by atoms with E-state index < -0.39 is 5.82 Å². The number of amides is 2. The third-order valence-electron chi connectivity index (χ3n) is 2.72. The molecular weight excluding hydrogens is 259 g/mol. The van der Waals surface area contributed by atoms with Gasteiger partial charge >= 0.3 is 6.03 Å². The third kappa shape index (κ3) is 4.28. The third-order valence-corrected chi connectivity index (χ3v) is 2.72. The number of urea groups is 1. The van der Waals surface area contributed by atoms with Crippen molar-refractivity contribution >= 4 is 11.7 Å². The van der Waals surface area contributed by atoms with Gasteiger partial charge in [-0.15, -0.1) is 0 Å². The number of phenols is 1. The van der Waals surface area contributed by atoms with E-state index in [-0.39, 0.29) is 11.8 Å². The van der Waals surface area contributed by atoms with Gasteiger partial charge in [0.25, 0.3) is 0 Å². The maximum atomic E-state index is 12.9. The van der Waals surface area contributed by atoms with Crippen LogP contribution in [-0.4, -0.2) is 17.7 Å². The van der Waals surface area contributed by atoms with E-state index in [0.717, 1.165) is 5.56 Å². The molecule has 2 aromatic carbocycles. The van der Waals surface area contributed by atoms with Crippen molar-refractivity contribution in [2.45, 2.75) is 6.42 Å². The van der Waals surface area contributed by atoms with Gasteiger partial charge in [0.2, 0.25) is 0 Å². The molecule has 2 amide bonds. The minimum absolute atomic E-state index is 0.213. The van der Waals surface area contributed by atoms with Crippen molar-refractivity contribution in [1.29, 1.82) is 0 Å². The van der Waals surface area contributed by atoms with E-state index in [0.29, 0.717) is 18.7 Å². The summed E-state index contributed by atoms with van der Waals surface area (Å²) < 4.78 is 12.9. The van der Waals surface area contributed by atoms with Gasteiger partial charge < -0.3 is 15.7 Å². The lowest BCUT2D eigenvalue weighted by atomic mass is 10.1. The molecule has 20 heavy (non-hydrogen) atoms. The Kier molecular flexibility index (Phi) is 4.55. The van der Waals surface area contributed by atoms with Crippen LogP contribution in [0.4, 0.5) is 14.9 Å². The molecule has 2 aromatic rings. The van der Waals surface area contributed by atoms with Crippen LogP contribution in [0.15, 0.2) is 48.5 Å². The molecule has 0 aliphatic carbocycles. The van der Waals surface area contributed by atoms with Crippen LogP contribution in [0, 0.1) is 5.82 Å². The molecule has 104 valence electrons. The summed E-state index contributed by atoms with van der Waals surface area (Å²) in [5.41, 5.74) is 1.42. The van der Waals surface area contributed by atoms with Crippen LogP contribution in [0.2, 0.25) is 0 Å². The Morgan fingerprint density at radius 1 is 1.15 bits per heavy atom. The molecule has 0 aliphatic heterocycles. The number of aromatic hydroxyl groups is 1. The number of hydrogen-bond donors (Lipinski definition) is 3. The second-order valence-electron chi connectivity index (χ2n) is 4.31. The van der Waals surface area contributed by atoms with Crippen molar-refractivity contribution in [2.75, 3.05) is 11.9 Å². The Balaban J connectivity index is 1.76. The summed E-state index contributed by atoms with van der Waals surface area (Å²) in [6.45, 7) is 0.450. The van der Waals surface area contributed by atoms with E-state index in [1.165, 1.54) is 18.2 Å². The molecule has 0 spiro atoms. The Labute approximate surface area is 116 Å². The molecule has 0 aromatic heterocycles. The maximum absolute atomic E-state index is 12.9. The number of hydrogen-bond acceptors (Lipinski definition) is 2. The van der Waals surface area contributed by atoms with E-state index in [1.54, 1.807) is 30.3 Å². The second-order valence-corrected chi connectivity index (χ2v) is 4.31. The van der Waals surface area contributed by atoms with Crippen molar-refractivity contribution in [3.63, 3.8) is 0 Å². The van der Waals surface area contributed by atoms with Crippen LogP contribution >= 0.6 is 0 Å². The van der Waals surface area contributed by atoms with Crippen molar-refractivity contribution in [3.05, 3.63) is 59.9 Å². The summed E-state index contributed by atoms with van der Waals surface area (Å²) in [7, 11) is 0. The van der Waals surface area contributed by atoms with E-state index in [4.69, 9.17) is 5.11 Å². The van der Waals surface area contributed by atoms with E-state index in [2.05, 4.69) is 10.6 Å². The zero-order valence-corrected chi connectivity index (χ0v) is 10.8. The van der Waals surface area contributed by atoms with Crippen molar-refractivity contribution < 1.29 is 14.3 Å². The molecule has 2 rings (SSSR count). The quantitative estimate of drug-likeness (QED) is 0.802. The zero-order valence-electron chi connectivity index (χ0n) is 10.8. The highest BCUT2D eigenvalue weighted by Crippen LogP contribution is 2.10. The lowest BCUT2D eigenvalue weighted by molar-refractivity contribution is 0.252. The Morgan fingerprint density at radius 3 is 2.60 bits per heavy atom. The number of carbonyl (C=O) groups is 1. The van der Waals surface area contributed by atoms with Gasteiger partial charge in [0, 0.05) is 12.2 Å². The predicted octanol–water partition coefficient (Wildman–Crippen LogP) is 2.90. The summed E-state index contributed by atoms with van der Waals surface area (Å²) in [5, 5.41) is 14.4. The smallest absolute Gasteiger partial charge is 0.319 e. The largest absolute Gasteiger partial charge is 0.508 e. The first-order chi connectivity index (χ1) is 9.63. The molecule has 0 saturated heterocycles. The van der Waals surface area contributed by atoms with Gasteiger partial charge in [0.1, 0.15) is 11.6 Å². The van der Waals surface area contributed by atoms with Gasteiger partial charge in [-0.05, 0) is 42.3 Å². The first-order valence-corrected chi connectivity index (χ1v) is 6.22. The fraction of sp³-hybridized carbons (Fsp3) is 0.133. The number of halogens is 1. The summed E-state index contributed by atoms with van der Waals surface area (Å²) >= 11 is 0. The van der Waals surface area contributed by atoms with Crippen LogP contribution in [-0.2, 0) is 6.42 Å². The van der Waals surface area contributed by atoms with E-state index in [9.17, 15) is 9.18 Å².